The predicted octanol–water partition coefficient (Wildman–Crippen LogP) is 6.69. The molecule has 30 heavy (non-hydrogen) atoms. The Labute approximate surface area is 191 Å². The Hall–Kier alpha value is -2.44. The fourth-order valence-corrected chi connectivity index (χ4v) is 3.69. The molecule has 3 aromatic rings. The number of fused-ring (bicyclic) bond motifs is 1. The zero-order chi connectivity index (χ0) is 21.3. The molecule has 0 aromatic heterocycles. The minimum Gasteiger partial charge on any atom is -0.493 e. The number of hydrogen-bond acceptors (Lipinski definition) is 3. The summed E-state index contributed by atoms with van der Waals surface area (Å²) in [7, 11) is 0. The lowest BCUT2D eigenvalue weighted by Gasteiger charge is -2.14. The second kappa shape index (κ2) is 11.1. The molecule has 0 spiro atoms. The number of unbranched alkanes of at least 4 members (excludes halogenated alkanes) is 3. The number of benzene rings is 3. The molecule has 0 saturated heterocycles. The summed E-state index contributed by atoms with van der Waals surface area (Å²) in [5.74, 6) is 0.249. The van der Waals surface area contributed by atoms with Gasteiger partial charge < -0.3 is 10.1 Å². The summed E-state index contributed by atoms with van der Waals surface area (Å²) < 4.78 is 6.67. The van der Waals surface area contributed by atoms with E-state index in [4.69, 9.17) is 17.0 Å². The zero-order valence-corrected chi connectivity index (χ0v) is 19.3. The van der Waals surface area contributed by atoms with Crippen molar-refractivity contribution in [2.45, 2.75) is 32.6 Å². The molecule has 0 aliphatic carbocycles. The van der Waals surface area contributed by atoms with Gasteiger partial charge in [-0.1, -0.05) is 72.4 Å². The van der Waals surface area contributed by atoms with Gasteiger partial charge in [-0.25, -0.2) is 0 Å². The number of anilines is 1. The highest BCUT2D eigenvalue weighted by molar-refractivity contribution is 9.10. The summed E-state index contributed by atoms with van der Waals surface area (Å²) in [6.45, 7) is 2.76. The maximum Gasteiger partial charge on any atom is 0.261 e. The van der Waals surface area contributed by atoms with Crippen molar-refractivity contribution in [2.75, 3.05) is 11.9 Å². The number of carbonyl (C=O) groups excluding carboxylic acids is 1. The van der Waals surface area contributed by atoms with E-state index in [9.17, 15) is 4.79 Å². The largest absolute Gasteiger partial charge is 0.493 e. The first-order valence-electron chi connectivity index (χ1n) is 10.1. The fourth-order valence-electron chi connectivity index (χ4n) is 3.12. The van der Waals surface area contributed by atoms with E-state index < -0.39 is 0 Å². The van der Waals surface area contributed by atoms with Crippen molar-refractivity contribution >= 4 is 55.6 Å². The first-order valence-corrected chi connectivity index (χ1v) is 11.3. The van der Waals surface area contributed by atoms with Gasteiger partial charge >= 0.3 is 0 Å². The van der Waals surface area contributed by atoms with Crippen LogP contribution in [-0.4, -0.2) is 17.6 Å². The fraction of sp³-hybridized carbons (Fsp3) is 0.250. The molecule has 0 aliphatic rings. The lowest BCUT2D eigenvalue weighted by Crippen LogP contribution is -2.34. The molecule has 0 bridgehead atoms. The molecule has 0 heterocycles. The molecule has 1 amide bonds. The van der Waals surface area contributed by atoms with Crippen LogP contribution in [0, 0.1) is 0 Å². The minimum atomic E-state index is -0.307. The van der Waals surface area contributed by atoms with E-state index in [1.807, 2.05) is 42.5 Å². The molecule has 4 nitrogen and oxygen atoms in total. The van der Waals surface area contributed by atoms with Crippen molar-refractivity contribution in [3.63, 3.8) is 0 Å². The topological polar surface area (TPSA) is 50.4 Å². The Balaban J connectivity index is 1.63. The average molecular weight is 485 g/mol. The van der Waals surface area contributed by atoms with Gasteiger partial charge in [0.05, 0.1) is 12.2 Å². The highest BCUT2D eigenvalue weighted by Gasteiger charge is 2.15. The molecule has 3 rings (SSSR count). The quantitative estimate of drug-likeness (QED) is 0.276. The number of amides is 1. The second-order valence-electron chi connectivity index (χ2n) is 7.02. The third-order valence-electron chi connectivity index (χ3n) is 4.68. The van der Waals surface area contributed by atoms with Gasteiger partial charge in [0.25, 0.3) is 5.91 Å². The number of halogens is 1. The Morgan fingerprint density at radius 1 is 1.00 bits per heavy atom. The summed E-state index contributed by atoms with van der Waals surface area (Å²) in [6.07, 6.45) is 4.45. The summed E-state index contributed by atoms with van der Waals surface area (Å²) in [5.41, 5.74) is 1.27. The Morgan fingerprint density at radius 3 is 2.60 bits per heavy atom. The van der Waals surface area contributed by atoms with Crippen molar-refractivity contribution in [1.82, 2.24) is 5.32 Å². The van der Waals surface area contributed by atoms with Gasteiger partial charge in [-0.2, -0.15) is 0 Å². The molecule has 2 N–H and O–H groups in total. The molecule has 3 aromatic carbocycles. The van der Waals surface area contributed by atoms with Crippen molar-refractivity contribution in [1.29, 1.82) is 0 Å². The third-order valence-corrected chi connectivity index (χ3v) is 5.37. The minimum absolute atomic E-state index is 0.240. The van der Waals surface area contributed by atoms with Crippen LogP contribution >= 0.6 is 28.1 Å². The highest BCUT2D eigenvalue weighted by Crippen LogP contribution is 2.24. The second-order valence-corrected chi connectivity index (χ2v) is 8.34. The molecule has 0 atom stereocenters. The van der Waals surface area contributed by atoms with Gasteiger partial charge in [0, 0.05) is 10.2 Å². The number of thiocarbonyl (C=S) groups is 1. The first kappa shape index (κ1) is 22.2. The molecule has 0 saturated carbocycles. The Kier molecular flexibility index (Phi) is 8.22. The maximum absolute atomic E-state index is 12.8. The van der Waals surface area contributed by atoms with Crippen LogP contribution in [0.1, 0.15) is 43.0 Å². The van der Waals surface area contributed by atoms with E-state index in [0.717, 1.165) is 33.8 Å². The molecule has 156 valence electrons. The maximum atomic E-state index is 12.8. The number of carbonyl (C=O) groups is 1. The molecule has 0 aliphatic heterocycles. The smallest absolute Gasteiger partial charge is 0.261 e. The van der Waals surface area contributed by atoms with Crippen molar-refractivity contribution in [3.8, 4) is 5.75 Å². The Morgan fingerprint density at radius 2 is 1.80 bits per heavy atom. The highest BCUT2D eigenvalue weighted by atomic mass is 79.9. The van der Waals surface area contributed by atoms with Gasteiger partial charge in [-0.05, 0) is 59.7 Å². The van der Waals surface area contributed by atoms with Crippen LogP contribution in [-0.2, 0) is 0 Å². The molecular formula is C24H25BrN2O2S. The van der Waals surface area contributed by atoms with E-state index in [0.29, 0.717) is 17.9 Å². The van der Waals surface area contributed by atoms with E-state index >= 15 is 0 Å². The first-order chi connectivity index (χ1) is 14.6. The van der Waals surface area contributed by atoms with Gasteiger partial charge in [0.2, 0.25) is 0 Å². The summed E-state index contributed by atoms with van der Waals surface area (Å²) in [5, 5.41) is 8.32. The lowest BCUT2D eigenvalue weighted by atomic mass is 10.1. The molecule has 0 radical (unpaired) electrons. The van der Waals surface area contributed by atoms with Crippen LogP contribution in [0.5, 0.6) is 5.75 Å². The summed E-state index contributed by atoms with van der Waals surface area (Å²) in [6, 6.07) is 19.4. The van der Waals surface area contributed by atoms with Crippen molar-refractivity contribution < 1.29 is 9.53 Å². The van der Waals surface area contributed by atoms with Crippen LogP contribution in [0.2, 0.25) is 0 Å². The van der Waals surface area contributed by atoms with E-state index in [1.54, 1.807) is 12.1 Å². The zero-order valence-electron chi connectivity index (χ0n) is 16.9. The predicted molar refractivity (Wildman–Crippen MR) is 131 cm³/mol. The molecular weight excluding hydrogens is 460 g/mol. The number of rotatable bonds is 8. The van der Waals surface area contributed by atoms with Gasteiger partial charge in [-0.15, -0.1) is 0 Å². The van der Waals surface area contributed by atoms with E-state index in [1.165, 1.54) is 12.8 Å². The normalized spacial score (nSPS) is 10.6. The molecule has 0 unspecified atom stereocenters. The standard InChI is InChI=1S/C24H25BrN2O2S/c1-2-3-4-7-14-29-22-13-11-19(25)16-21(22)23(28)27-24(30)26-20-12-10-17-8-5-6-9-18(17)15-20/h5-6,8-13,15-16H,2-4,7,14H2,1H3,(H2,26,27,28,30). The van der Waals surface area contributed by atoms with Gasteiger partial charge in [0.15, 0.2) is 5.11 Å². The van der Waals surface area contributed by atoms with Crippen LogP contribution in [0.25, 0.3) is 10.8 Å². The van der Waals surface area contributed by atoms with Crippen molar-refractivity contribution in [2.24, 2.45) is 0 Å². The lowest BCUT2D eigenvalue weighted by molar-refractivity contribution is 0.0973. The number of ether oxygens (including phenoxy) is 1. The molecule has 6 heteroatoms. The van der Waals surface area contributed by atoms with Crippen LogP contribution in [0.15, 0.2) is 65.1 Å². The van der Waals surface area contributed by atoms with Crippen LogP contribution < -0.4 is 15.4 Å². The number of hydrogen-bond donors (Lipinski definition) is 2. The Bertz CT molecular complexity index is 1040. The van der Waals surface area contributed by atoms with Crippen LogP contribution in [0.3, 0.4) is 0 Å². The summed E-state index contributed by atoms with van der Waals surface area (Å²) >= 11 is 8.78. The van der Waals surface area contributed by atoms with E-state index in [2.05, 4.69) is 39.6 Å². The van der Waals surface area contributed by atoms with Crippen molar-refractivity contribution in [3.05, 3.63) is 70.7 Å². The number of nitrogens with one attached hydrogen (secondary N) is 2. The van der Waals surface area contributed by atoms with Crippen LogP contribution in [0.4, 0.5) is 5.69 Å². The average Bonchev–Trinajstić information content (AvgIpc) is 2.74. The molecule has 0 fully saturated rings. The van der Waals surface area contributed by atoms with Gasteiger partial charge in [-0.3, -0.25) is 10.1 Å². The van der Waals surface area contributed by atoms with Gasteiger partial charge in [0.1, 0.15) is 5.75 Å². The summed E-state index contributed by atoms with van der Waals surface area (Å²) in [4.78, 5) is 12.8. The third kappa shape index (κ3) is 6.28. The van der Waals surface area contributed by atoms with E-state index in [-0.39, 0.29) is 11.0 Å². The SMILES string of the molecule is CCCCCCOc1ccc(Br)cc1C(=O)NC(=S)Nc1ccc2ccccc2c1. The monoisotopic (exact) mass is 484 g/mol.